The zero-order valence-corrected chi connectivity index (χ0v) is 51.0. The molecule has 70 heavy (non-hydrogen) atoms. The Labute approximate surface area is 423 Å². The second-order valence-corrected chi connectivity index (χ2v) is 97.7. The van der Waals surface area contributed by atoms with Crippen LogP contribution in [0.2, 0.25) is 29.0 Å². The van der Waals surface area contributed by atoms with Gasteiger partial charge in [-0.25, -0.2) is 0 Å². The van der Waals surface area contributed by atoms with Crippen molar-refractivity contribution in [2.45, 2.75) is 112 Å². The fourth-order valence-corrected chi connectivity index (χ4v) is 69.2. The molecule has 0 spiro atoms. The Morgan fingerprint density at radius 3 is 0.871 bits per heavy atom. The van der Waals surface area contributed by atoms with Crippen LogP contribution >= 0.6 is 34.1 Å². The van der Waals surface area contributed by atoms with Gasteiger partial charge >= 0.3 is 428 Å². The van der Waals surface area contributed by atoms with Gasteiger partial charge in [-0.3, -0.25) is 0 Å². The van der Waals surface area contributed by atoms with Gasteiger partial charge in [-0.1, -0.05) is 0 Å². The zero-order valence-electron chi connectivity index (χ0n) is 43.1. The van der Waals surface area contributed by atoms with Crippen LogP contribution in [0.5, 0.6) is 23.0 Å². The van der Waals surface area contributed by atoms with Crippen molar-refractivity contribution in [1.82, 2.24) is 0 Å². The Morgan fingerprint density at radius 1 is 0.357 bits per heavy atom. The van der Waals surface area contributed by atoms with Gasteiger partial charge in [0, 0.05) is 0 Å². The van der Waals surface area contributed by atoms with Gasteiger partial charge in [0.15, 0.2) is 0 Å². The Bertz CT molecular complexity index is 2780. The van der Waals surface area contributed by atoms with Crippen LogP contribution < -0.4 is 15.1 Å². The van der Waals surface area contributed by atoms with Gasteiger partial charge in [0.05, 0.1) is 0 Å². The van der Waals surface area contributed by atoms with E-state index in [9.17, 15) is 0 Å². The minimum atomic E-state index is -6.70. The summed E-state index contributed by atoms with van der Waals surface area (Å²) in [4.78, 5) is 0. The Hall–Kier alpha value is -3.07. The van der Waals surface area contributed by atoms with E-state index in [1.807, 2.05) is 173 Å². The van der Waals surface area contributed by atoms with Crippen molar-refractivity contribution in [1.29, 1.82) is 0 Å². The average Bonchev–Trinajstić information content (AvgIpc) is 4.18. The van der Waals surface area contributed by atoms with Crippen LogP contribution in [0.1, 0.15) is 77.6 Å². The monoisotopic (exact) mass is 1180 g/mol. The molecule has 2 atom stereocenters. The summed E-state index contributed by atoms with van der Waals surface area (Å²) in [5.41, 5.74) is 4.10. The molecule has 4 aliphatic rings. The number of ether oxygens (including phenoxy) is 2. The number of rotatable bonds is 16. The van der Waals surface area contributed by atoms with Crippen molar-refractivity contribution in [2.75, 3.05) is 0 Å². The number of benzene rings is 4. The standard InChI is InChI=1S/2C12H11O.2C7H8O.2C5H5.4C3H7.4ClH.2Zr/c2*1-10-6-2-5-9-12(10)13-11-7-3-4-8-11;2*1-6-4-2-3-5-7(6)8;2*1-2-4-5-3-1;4*1-3-2;;;;;;/h2*2-9H,1H3;2*2-5,8H,1H3;2*1-5H;4*3H,1-2H3;4*1H;;/q;;;;;;;;;;;;;;2*+3/p-6. The molecule has 0 amide bonds. The molecule has 0 bridgehead atoms. The molecule has 0 radical (unpaired) electrons. The molecule has 10 heteroatoms. The molecular weight excluding hydrogens is 1110 g/mol. The molecule has 4 aliphatic carbocycles. The molecule has 374 valence electrons. The van der Waals surface area contributed by atoms with E-state index in [-0.39, 0.29) is 21.8 Å². The van der Waals surface area contributed by atoms with Crippen molar-refractivity contribution in [2.24, 2.45) is 0 Å². The third kappa shape index (κ3) is 6.98. The van der Waals surface area contributed by atoms with Crippen LogP contribution in [0.15, 0.2) is 194 Å². The average molecular weight is 1180 g/mol. The summed E-state index contributed by atoms with van der Waals surface area (Å²) in [5.74, 6) is 4.51. The van der Waals surface area contributed by atoms with Gasteiger partial charge in [0.2, 0.25) is 0 Å². The Balaban J connectivity index is 0.000000206. The third-order valence-electron chi connectivity index (χ3n) is 19.3. The zero-order chi connectivity index (χ0) is 51.2. The number of aryl methyl sites for hydroxylation is 4. The van der Waals surface area contributed by atoms with Gasteiger partial charge in [-0.05, 0) is 0 Å². The molecule has 4 aromatic rings. The summed E-state index contributed by atoms with van der Waals surface area (Å²) in [6.45, 7) is 25.3. The first kappa shape index (κ1) is 54.7. The normalized spacial score (nSPS) is 21.0. The van der Waals surface area contributed by atoms with Crippen molar-refractivity contribution in [3.05, 3.63) is 216 Å². The SMILES string of the molecule is Cc1ccccc1OC1=CC=C[CH]1[Zr]([Cl])([Cl])([O]c1ccccc1C)([CH](C)C)([CH](C)C)[CH]1C=CC=C1.Cc1ccccc1OC1=CC=C[CH]1[Zr]([Cl])([Cl])([O]c1ccccc1C)([CH](C)C)([CH](C)C)[CH]1C=CC=C1. The summed E-state index contributed by atoms with van der Waals surface area (Å²) in [7, 11) is 34.6. The van der Waals surface area contributed by atoms with Crippen LogP contribution in [0.4, 0.5) is 0 Å². The molecular formula is C60H74Cl4O4Zr2. The van der Waals surface area contributed by atoms with E-state index in [1.165, 1.54) is 0 Å². The topological polar surface area (TPSA) is 36.9 Å². The quantitative estimate of drug-likeness (QED) is 0.112. The van der Waals surface area contributed by atoms with Crippen molar-refractivity contribution in [3.63, 3.8) is 0 Å². The third-order valence-corrected chi connectivity index (χ3v) is 113. The van der Waals surface area contributed by atoms with E-state index in [0.717, 1.165) is 56.8 Å². The summed E-state index contributed by atoms with van der Waals surface area (Å²) >= 11 is -13.4. The second kappa shape index (κ2) is 17.3. The molecule has 0 saturated heterocycles. The predicted octanol–water partition coefficient (Wildman–Crippen LogP) is 21.1. The molecule has 4 nitrogen and oxygen atoms in total. The first-order valence-corrected chi connectivity index (χ1v) is 51.1. The maximum atomic E-state index is 8.66. The van der Waals surface area contributed by atoms with Crippen LogP contribution in [0.3, 0.4) is 0 Å². The van der Waals surface area contributed by atoms with Gasteiger partial charge in [0.1, 0.15) is 0 Å². The van der Waals surface area contributed by atoms with E-state index in [0.29, 0.717) is 0 Å². The van der Waals surface area contributed by atoms with Crippen molar-refractivity contribution in [3.8, 4) is 23.0 Å². The molecule has 0 aliphatic heterocycles. The summed E-state index contributed by atoms with van der Waals surface area (Å²) < 4.78 is 26.1. The molecule has 0 aromatic heterocycles. The number of allylic oxidation sites excluding steroid dienone is 14. The van der Waals surface area contributed by atoms with Gasteiger partial charge in [0.25, 0.3) is 0 Å². The molecule has 0 N–H and O–H groups in total. The number of halogens is 4. The Kier molecular flexibility index (Phi) is 13.5. The second-order valence-electron chi connectivity index (χ2n) is 22.7. The summed E-state index contributed by atoms with van der Waals surface area (Å²) in [6.07, 6.45) is 29.0. The minimum absolute atomic E-state index is 0.205. The van der Waals surface area contributed by atoms with Gasteiger partial charge in [-0.15, -0.1) is 0 Å². The fraction of sp³-hybridized carbons (Fsp3) is 0.333. The molecule has 2 unspecified atom stereocenters. The van der Waals surface area contributed by atoms with Crippen LogP contribution in [0.25, 0.3) is 0 Å². The van der Waals surface area contributed by atoms with Gasteiger partial charge < -0.3 is 0 Å². The van der Waals surface area contributed by atoms with E-state index < -0.39 is 35.0 Å². The summed E-state index contributed by atoms with van der Waals surface area (Å²) in [5, 5.41) is 0. The molecule has 8 rings (SSSR count). The van der Waals surface area contributed by atoms with E-state index in [2.05, 4.69) is 91.8 Å². The molecule has 0 heterocycles. The first-order chi connectivity index (χ1) is 32.7. The van der Waals surface area contributed by atoms with Gasteiger partial charge in [-0.2, -0.15) is 0 Å². The fourth-order valence-electron chi connectivity index (χ4n) is 13.5. The number of hydrogen-bond donors (Lipinski definition) is 0. The predicted molar refractivity (Wildman–Crippen MR) is 297 cm³/mol. The maximum absolute atomic E-state index is 8.66. The van der Waals surface area contributed by atoms with Crippen LogP contribution in [-0.4, -0.2) is 0 Å². The van der Waals surface area contributed by atoms with Crippen molar-refractivity contribution < 1.29 is 42.8 Å². The molecule has 0 fully saturated rings. The van der Waals surface area contributed by atoms with E-state index >= 15 is 0 Å². The first-order valence-electron chi connectivity index (χ1n) is 25.1. The molecule has 0 saturated carbocycles. The summed E-state index contributed by atoms with van der Waals surface area (Å²) in [6, 6.07) is 32.1. The van der Waals surface area contributed by atoms with Crippen molar-refractivity contribution >= 4 is 34.1 Å². The van der Waals surface area contributed by atoms with Crippen LogP contribution in [-0.2, 0) is 27.7 Å². The van der Waals surface area contributed by atoms with E-state index in [4.69, 9.17) is 49.2 Å². The number of hydrogen-bond acceptors (Lipinski definition) is 4. The number of para-hydroxylation sites is 4. The van der Waals surface area contributed by atoms with E-state index in [1.54, 1.807) is 0 Å². The molecule has 4 aromatic carbocycles. The Morgan fingerprint density at radius 2 is 0.614 bits per heavy atom. The van der Waals surface area contributed by atoms with Crippen LogP contribution in [0, 0.1) is 27.7 Å².